The zero-order chi connectivity index (χ0) is 8.43. The summed E-state index contributed by atoms with van der Waals surface area (Å²) < 4.78 is 0. The van der Waals surface area contributed by atoms with Crippen LogP contribution in [0.5, 0.6) is 0 Å². The molecule has 0 unspecified atom stereocenters. The lowest BCUT2D eigenvalue weighted by atomic mass is 10.5. The molecule has 0 aliphatic rings. The number of aryl methyl sites for hydroxylation is 1. The van der Waals surface area contributed by atoms with Gasteiger partial charge in [0.05, 0.1) is 5.02 Å². The quantitative estimate of drug-likeness (QED) is 0.539. The van der Waals surface area contributed by atoms with E-state index in [1.807, 2.05) is 6.26 Å². The summed E-state index contributed by atoms with van der Waals surface area (Å²) in [6.07, 6.45) is 1.83. The lowest BCUT2D eigenvalue weighted by Crippen LogP contribution is -2.12. The SMILES string of the molecule is CSc1nc(=O)[nH]c(C)c1Cl. The zero-order valence-corrected chi connectivity index (χ0v) is 7.71. The molecule has 0 saturated carbocycles. The molecule has 0 aliphatic heterocycles. The van der Waals surface area contributed by atoms with Crippen LogP contribution in [0.2, 0.25) is 5.02 Å². The number of H-pyrrole nitrogens is 1. The number of hydrogen-bond acceptors (Lipinski definition) is 3. The summed E-state index contributed by atoms with van der Waals surface area (Å²) in [6.45, 7) is 1.74. The number of halogens is 1. The molecule has 1 rings (SSSR count). The Morgan fingerprint density at radius 3 is 2.82 bits per heavy atom. The first-order valence-corrected chi connectivity index (χ1v) is 4.56. The molecule has 1 aromatic rings. The van der Waals surface area contributed by atoms with E-state index in [0.29, 0.717) is 15.7 Å². The molecule has 11 heavy (non-hydrogen) atoms. The molecule has 0 spiro atoms. The fourth-order valence-corrected chi connectivity index (χ4v) is 1.51. The molecule has 0 fully saturated rings. The van der Waals surface area contributed by atoms with Crippen molar-refractivity contribution in [3.63, 3.8) is 0 Å². The normalized spacial score (nSPS) is 10.1. The van der Waals surface area contributed by atoms with E-state index in [9.17, 15) is 4.79 Å². The summed E-state index contributed by atoms with van der Waals surface area (Å²) >= 11 is 7.17. The van der Waals surface area contributed by atoms with Gasteiger partial charge in [-0.2, -0.15) is 4.98 Å². The van der Waals surface area contributed by atoms with E-state index in [2.05, 4.69) is 9.97 Å². The minimum absolute atomic E-state index is 0.351. The van der Waals surface area contributed by atoms with Crippen LogP contribution < -0.4 is 5.69 Å². The second-order valence-corrected chi connectivity index (χ2v) is 3.16. The van der Waals surface area contributed by atoms with Gasteiger partial charge < -0.3 is 4.98 Å². The monoisotopic (exact) mass is 190 g/mol. The Labute approximate surface area is 73.2 Å². The predicted octanol–water partition coefficient (Wildman–Crippen LogP) is 1.45. The standard InChI is InChI=1S/C6H7ClN2OS/c1-3-4(7)5(11-2)9-6(10)8-3/h1-2H3,(H,8,9,10). The van der Waals surface area contributed by atoms with Crippen LogP contribution in [0.4, 0.5) is 0 Å². The van der Waals surface area contributed by atoms with Gasteiger partial charge in [0, 0.05) is 5.69 Å². The summed E-state index contributed by atoms with van der Waals surface area (Å²) in [4.78, 5) is 17.0. The highest BCUT2D eigenvalue weighted by molar-refractivity contribution is 7.98. The van der Waals surface area contributed by atoms with E-state index >= 15 is 0 Å². The number of nitrogens with one attached hydrogen (secondary N) is 1. The fourth-order valence-electron chi connectivity index (χ4n) is 0.680. The van der Waals surface area contributed by atoms with Gasteiger partial charge in [-0.05, 0) is 13.2 Å². The smallest absolute Gasteiger partial charge is 0.309 e. The number of nitrogens with zero attached hydrogens (tertiary/aromatic N) is 1. The minimum Gasteiger partial charge on any atom is -0.309 e. The molecule has 0 radical (unpaired) electrons. The maximum atomic E-state index is 10.8. The molecule has 0 atom stereocenters. The first-order chi connectivity index (χ1) is 5.15. The maximum Gasteiger partial charge on any atom is 0.346 e. The topological polar surface area (TPSA) is 45.8 Å². The lowest BCUT2D eigenvalue weighted by molar-refractivity contribution is 0.947. The number of thioether (sulfide) groups is 1. The highest BCUT2D eigenvalue weighted by Gasteiger charge is 2.04. The van der Waals surface area contributed by atoms with Gasteiger partial charge in [-0.15, -0.1) is 11.8 Å². The van der Waals surface area contributed by atoms with E-state index in [4.69, 9.17) is 11.6 Å². The third-order valence-corrected chi connectivity index (χ3v) is 2.46. The largest absolute Gasteiger partial charge is 0.346 e. The molecule has 0 aliphatic carbocycles. The minimum atomic E-state index is -0.351. The molecule has 1 N–H and O–H groups in total. The number of rotatable bonds is 1. The van der Waals surface area contributed by atoms with Gasteiger partial charge in [0.1, 0.15) is 5.03 Å². The van der Waals surface area contributed by atoms with Crippen LogP contribution in [-0.2, 0) is 0 Å². The predicted molar refractivity (Wildman–Crippen MR) is 46.4 cm³/mol. The Morgan fingerprint density at radius 2 is 2.27 bits per heavy atom. The Morgan fingerprint density at radius 1 is 1.64 bits per heavy atom. The van der Waals surface area contributed by atoms with Gasteiger partial charge in [-0.3, -0.25) is 0 Å². The average Bonchev–Trinajstić information content (AvgIpc) is 1.96. The van der Waals surface area contributed by atoms with Crippen molar-refractivity contribution >= 4 is 23.4 Å². The van der Waals surface area contributed by atoms with Gasteiger partial charge in [0.2, 0.25) is 0 Å². The van der Waals surface area contributed by atoms with Crippen LogP contribution in [0.3, 0.4) is 0 Å². The van der Waals surface area contributed by atoms with Crippen LogP contribution in [0, 0.1) is 6.92 Å². The van der Waals surface area contributed by atoms with Gasteiger partial charge in [-0.25, -0.2) is 4.79 Å². The number of hydrogen-bond donors (Lipinski definition) is 1. The van der Waals surface area contributed by atoms with E-state index in [1.54, 1.807) is 6.92 Å². The average molecular weight is 191 g/mol. The lowest BCUT2D eigenvalue weighted by Gasteiger charge is -1.99. The van der Waals surface area contributed by atoms with E-state index < -0.39 is 0 Å². The van der Waals surface area contributed by atoms with Crippen molar-refractivity contribution in [3.8, 4) is 0 Å². The van der Waals surface area contributed by atoms with Crippen molar-refractivity contribution in [3.05, 3.63) is 21.2 Å². The molecule has 5 heteroatoms. The van der Waals surface area contributed by atoms with Crippen LogP contribution in [0.25, 0.3) is 0 Å². The molecule has 60 valence electrons. The van der Waals surface area contributed by atoms with Crippen molar-refractivity contribution in [1.82, 2.24) is 9.97 Å². The first kappa shape index (κ1) is 8.62. The van der Waals surface area contributed by atoms with Crippen LogP contribution in [-0.4, -0.2) is 16.2 Å². The van der Waals surface area contributed by atoms with Crippen LogP contribution >= 0.6 is 23.4 Å². The molecule has 0 amide bonds. The molecular weight excluding hydrogens is 184 g/mol. The molecule has 0 aromatic carbocycles. The summed E-state index contributed by atoms with van der Waals surface area (Å²) in [5.41, 5.74) is 0.312. The summed E-state index contributed by atoms with van der Waals surface area (Å²) in [5, 5.41) is 1.10. The Balaban J connectivity index is 3.36. The molecular formula is C6H7ClN2OS. The molecule has 0 bridgehead atoms. The van der Waals surface area contributed by atoms with Crippen molar-refractivity contribution in [1.29, 1.82) is 0 Å². The van der Waals surface area contributed by atoms with Gasteiger partial charge in [0.25, 0.3) is 0 Å². The van der Waals surface area contributed by atoms with Gasteiger partial charge in [0.15, 0.2) is 0 Å². The molecule has 3 nitrogen and oxygen atoms in total. The molecule has 1 heterocycles. The van der Waals surface area contributed by atoms with Crippen molar-refractivity contribution in [2.75, 3.05) is 6.26 Å². The Kier molecular flexibility index (Phi) is 2.57. The Hall–Kier alpha value is -0.480. The van der Waals surface area contributed by atoms with Gasteiger partial charge in [-0.1, -0.05) is 11.6 Å². The zero-order valence-electron chi connectivity index (χ0n) is 6.14. The van der Waals surface area contributed by atoms with Crippen molar-refractivity contribution < 1.29 is 0 Å². The maximum absolute atomic E-state index is 10.8. The first-order valence-electron chi connectivity index (χ1n) is 2.95. The highest BCUT2D eigenvalue weighted by Crippen LogP contribution is 2.22. The van der Waals surface area contributed by atoms with E-state index in [0.717, 1.165) is 0 Å². The second-order valence-electron chi connectivity index (χ2n) is 1.99. The van der Waals surface area contributed by atoms with E-state index in [1.165, 1.54) is 11.8 Å². The number of aromatic amines is 1. The molecule has 0 saturated heterocycles. The van der Waals surface area contributed by atoms with Crippen LogP contribution in [0.1, 0.15) is 5.69 Å². The molecule has 1 aromatic heterocycles. The summed E-state index contributed by atoms with van der Waals surface area (Å²) in [5.74, 6) is 0. The summed E-state index contributed by atoms with van der Waals surface area (Å²) in [7, 11) is 0. The van der Waals surface area contributed by atoms with Crippen LogP contribution in [0.15, 0.2) is 9.82 Å². The van der Waals surface area contributed by atoms with Crippen molar-refractivity contribution in [2.24, 2.45) is 0 Å². The third kappa shape index (κ3) is 1.75. The van der Waals surface area contributed by atoms with E-state index in [-0.39, 0.29) is 5.69 Å². The Bertz CT molecular complexity index is 323. The van der Waals surface area contributed by atoms with Crippen molar-refractivity contribution in [2.45, 2.75) is 11.9 Å². The second kappa shape index (κ2) is 3.28. The van der Waals surface area contributed by atoms with Gasteiger partial charge >= 0.3 is 5.69 Å². The third-order valence-electron chi connectivity index (χ3n) is 1.21. The summed E-state index contributed by atoms with van der Waals surface area (Å²) in [6, 6.07) is 0. The fraction of sp³-hybridized carbons (Fsp3) is 0.333. The number of aromatic nitrogens is 2. The highest BCUT2D eigenvalue weighted by atomic mass is 35.5.